The van der Waals surface area contributed by atoms with E-state index in [1.54, 1.807) is 0 Å². The maximum absolute atomic E-state index is 5.92. The van der Waals surface area contributed by atoms with Crippen molar-refractivity contribution in [3.05, 3.63) is 59.7 Å². The first kappa shape index (κ1) is 14.4. The van der Waals surface area contributed by atoms with Gasteiger partial charge in [-0.25, -0.2) is 0 Å². The zero-order valence-electron chi connectivity index (χ0n) is 12.4. The van der Waals surface area contributed by atoms with Gasteiger partial charge in [-0.2, -0.15) is 0 Å². The van der Waals surface area contributed by atoms with E-state index in [2.05, 4.69) is 40.5 Å². The van der Waals surface area contributed by atoms with E-state index in [1.165, 1.54) is 11.1 Å². The van der Waals surface area contributed by atoms with E-state index >= 15 is 0 Å². The van der Waals surface area contributed by atoms with E-state index in [0.29, 0.717) is 6.61 Å². The summed E-state index contributed by atoms with van der Waals surface area (Å²) in [6.45, 7) is 1.45. The second-order valence-corrected chi connectivity index (χ2v) is 4.98. The molecule has 0 atom stereocenters. The van der Waals surface area contributed by atoms with Crippen LogP contribution in [0.25, 0.3) is 0 Å². The molecular formula is C17H22N2O. The number of anilines is 1. The van der Waals surface area contributed by atoms with E-state index in [9.17, 15) is 0 Å². The average molecular weight is 270 g/mol. The van der Waals surface area contributed by atoms with E-state index in [4.69, 9.17) is 4.74 Å². The Morgan fingerprint density at radius 2 is 1.75 bits per heavy atom. The molecule has 2 aromatic carbocycles. The Balaban J connectivity index is 2.07. The Kier molecular flexibility index (Phi) is 5.02. The third-order valence-electron chi connectivity index (χ3n) is 3.21. The summed E-state index contributed by atoms with van der Waals surface area (Å²) in [7, 11) is 6.01. The van der Waals surface area contributed by atoms with Crippen LogP contribution in [0.15, 0.2) is 48.5 Å². The molecule has 0 unspecified atom stereocenters. The minimum absolute atomic E-state index is 0.592. The van der Waals surface area contributed by atoms with Gasteiger partial charge in [0.2, 0.25) is 0 Å². The summed E-state index contributed by atoms with van der Waals surface area (Å²) in [4.78, 5) is 2.07. The highest BCUT2D eigenvalue weighted by Crippen LogP contribution is 2.21. The molecule has 0 spiro atoms. The molecule has 0 aliphatic rings. The molecule has 0 bridgehead atoms. The van der Waals surface area contributed by atoms with Crippen LogP contribution in [0.2, 0.25) is 0 Å². The summed E-state index contributed by atoms with van der Waals surface area (Å²) in [6, 6.07) is 16.5. The van der Waals surface area contributed by atoms with Crippen LogP contribution < -0.4 is 15.0 Å². The molecule has 2 rings (SSSR count). The van der Waals surface area contributed by atoms with Gasteiger partial charge in [-0.05, 0) is 30.3 Å². The Morgan fingerprint density at radius 3 is 2.45 bits per heavy atom. The fourth-order valence-electron chi connectivity index (χ4n) is 2.07. The lowest BCUT2D eigenvalue weighted by Gasteiger charge is -2.15. The quantitative estimate of drug-likeness (QED) is 0.873. The van der Waals surface area contributed by atoms with Crippen molar-refractivity contribution < 1.29 is 4.74 Å². The summed E-state index contributed by atoms with van der Waals surface area (Å²) < 4.78 is 5.92. The Morgan fingerprint density at radius 1 is 1.00 bits per heavy atom. The molecule has 3 nitrogen and oxygen atoms in total. The Bertz CT molecular complexity index is 552. The zero-order chi connectivity index (χ0) is 14.4. The molecule has 0 fully saturated rings. The lowest BCUT2D eigenvalue weighted by molar-refractivity contribution is 0.305. The number of hydrogen-bond acceptors (Lipinski definition) is 3. The average Bonchev–Trinajstić information content (AvgIpc) is 2.47. The fraction of sp³-hybridized carbons (Fsp3) is 0.294. The standard InChI is InChI=1S/C17H22N2O/c1-18-12-14-7-4-5-8-15(14)13-20-17-10-6-9-16(11-17)19(2)3/h4-11,18H,12-13H2,1-3H3. The molecule has 0 aliphatic carbocycles. The van der Waals surface area contributed by atoms with Crippen LogP contribution in [0, 0.1) is 0 Å². The molecule has 0 aromatic heterocycles. The molecule has 1 N–H and O–H groups in total. The predicted molar refractivity (Wildman–Crippen MR) is 84.3 cm³/mol. The summed E-state index contributed by atoms with van der Waals surface area (Å²) in [5.74, 6) is 0.899. The summed E-state index contributed by atoms with van der Waals surface area (Å²) >= 11 is 0. The van der Waals surface area contributed by atoms with Crippen LogP contribution in [-0.2, 0) is 13.2 Å². The number of ether oxygens (including phenoxy) is 1. The van der Waals surface area contributed by atoms with Gasteiger partial charge in [0.05, 0.1) is 0 Å². The van der Waals surface area contributed by atoms with E-state index in [0.717, 1.165) is 18.0 Å². The van der Waals surface area contributed by atoms with Crippen LogP contribution in [0.3, 0.4) is 0 Å². The van der Waals surface area contributed by atoms with Gasteiger partial charge in [0.15, 0.2) is 0 Å². The van der Waals surface area contributed by atoms with Gasteiger partial charge in [-0.3, -0.25) is 0 Å². The maximum atomic E-state index is 5.92. The van der Waals surface area contributed by atoms with Crippen molar-refractivity contribution in [2.45, 2.75) is 13.2 Å². The number of nitrogens with zero attached hydrogens (tertiary/aromatic N) is 1. The minimum atomic E-state index is 0.592. The van der Waals surface area contributed by atoms with Gasteiger partial charge in [0, 0.05) is 32.4 Å². The first-order valence-corrected chi connectivity index (χ1v) is 6.82. The SMILES string of the molecule is CNCc1ccccc1COc1cccc(N(C)C)c1. The van der Waals surface area contributed by atoms with Crippen LogP contribution in [0.1, 0.15) is 11.1 Å². The summed E-state index contributed by atoms with van der Waals surface area (Å²) in [5.41, 5.74) is 3.64. The van der Waals surface area contributed by atoms with Crippen molar-refractivity contribution in [1.82, 2.24) is 5.32 Å². The summed E-state index contributed by atoms with van der Waals surface area (Å²) in [6.07, 6.45) is 0. The predicted octanol–water partition coefficient (Wildman–Crippen LogP) is 3.05. The smallest absolute Gasteiger partial charge is 0.121 e. The van der Waals surface area contributed by atoms with Crippen molar-refractivity contribution in [2.24, 2.45) is 0 Å². The molecule has 0 aliphatic heterocycles. The molecule has 0 amide bonds. The van der Waals surface area contributed by atoms with Crippen molar-refractivity contribution >= 4 is 5.69 Å². The highest BCUT2D eigenvalue weighted by molar-refractivity contribution is 5.49. The number of rotatable bonds is 6. The highest BCUT2D eigenvalue weighted by Gasteiger charge is 2.03. The third kappa shape index (κ3) is 3.75. The Hall–Kier alpha value is -2.00. The normalized spacial score (nSPS) is 10.3. The fourth-order valence-corrected chi connectivity index (χ4v) is 2.07. The largest absolute Gasteiger partial charge is 0.489 e. The van der Waals surface area contributed by atoms with Gasteiger partial charge in [-0.1, -0.05) is 30.3 Å². The minimum Gasteiger partial charge on any atom is -0.489 e. The zero-order valence-corrected chi connectivity index (χ0v) is 12.4. The lowest BCUT2D eigenvalue weighted by Crippen LogP contribution is -2.10. The molecule has 20 heavy (non-hydrogen) atoms. The van der Waals surface area contributed by atoms with E-state index < -0.39 is 0 Å². The monoisotopic (exact) mass is 270 g/mol. The molecule has 2 aromatic rings. The first-order valence-electron chi connectivity index (χ1n) is 6.82. The van der Waals surface area contributed by atoms with E-state index in [-0.39, 0.29) is 0 Å². The molecule has 0 saturated carbocycles. The van der Waals surface area contributed by atoms with Gasteiger partial charge in [-0.15, -0.1) is 0 Å². The van der Waals surface area contributed by atoms with Crippen molar-refractivity contribution in [2.75, 3.05) is 26.0 Å². The molecule has 0 saturated heterocycles. The second-order valence-electron chi connectivity index (χ2n) is 4.98. The molecular weight excluding hydrogens is 248 g/mol. The number of benzene rings is 2. The Labute approximate surface area is 121 Å². The second kappa shape index (κ2) is 6.96. The molecule has 0 heterocycles. The highest BCUT2D eigenvalue weighted by atomic mass is 16.5. The van der Waals surface area contributed by atoms with Gasteiger partial charge in [0.1, 0.15) is 12.4 Å². The topological polar surface area (TPSA) is 24.5 Å². The first-order chi connectivity index (χ1) is 9.70. The van der Waals surface area contributed by atoms with E-state index in [1.807, 2.05) is 39.3 Å². The maximum Gasteiger partial charge on any atom is 0.121 e. The van der Waals surface area contributed by atoms with Gasteiger partial charge >= 0.3 is 0 Å². The summed E-state index contributed by atoms with van der Waals surface area (Å²) in [5, 5.41) is 3.18. The van der Waals surface area contributed by atoms with Gasteiger partial charge in [0.25, 0.3) is 0 Å². The van der Waals surface area contributed by atoms with Gasteiger partial charge < -0.3 is 15.0 Å². The van der Waals surface area contributed by atoms with Crippen molar-refractivity contribution in [3.63, 3.8) is 0 Å². The van der Waals surface area contributed by atoms with Crippen LogP contribution in [0.4, 0.5) is 5.69 Å². The third-order valence-corrected chi connectivity index (χ3v) is 3.21. The van der Waals surface area contributed by atoms with Crippen LogP contribution in [-0.4, -0.2) is 21.1 Å². The van der Waals surface area contributed by atoms with Crippen LogP contribution in [0.5, 0.6) is 5.75 Å². The van der Waals surface area contributed by atoms with Crippen molar-refractivity contribution in [1.29, 1.82) is 0 Å². The molecule has 106 valence electrons. The number of hydrogen-bond donors (Lipinski definition) is 1. The van der Waals surface area contributed by atoms with Crippen molar-refractivity contribution in [3.8, 4) is 5.75 Å². The lowest BCUT2D eigenvalue weighted by atomic mass is 10.1. The van der Waals surface area contributed by atoms with Crippen LogP contribution >= 0.6 is 0 Å². The molecule has 0 radical (unpaired) electrons. The number of nitrogens with one attached hydrogen (secondary N) is 1. The molecule has 3 heteroatoms.